The van der Waals surface area contributed by atoms with E-state index in [4.69, 9.17) is 9.84 Å². The molecule has 0 atom stereocenters. The van der Waals surface area contributed by atoms with Crippen molar-refractivity contribution in [1.29, 1.82) is 0 Å². The zero-order valence-electron chi connectivity index (χ0n) is 15.0. The molecule has 3 N–H and O–H groups in total. The summed E-state index contributed by atoms with van der Waals surface area (Å²) in [6.07, 6.45) is 1.57. The lowest BCUT2D eigenvalue weighted by atomic mass is 10.2. The quantitative estimate of drug-likeness (QED) is 0.532. The number of anilines is 4. The summed E-state index contributed by atoms with van der Waals surface area (Å²) in [6, 6.07) is 14.9. The van der Waals surface area contributed by atoms with E-state index in [1.165, 1.54) is 12.1 Å². The summed E-state index contributed by atoms with van der Waals surface area (Å²) in [4.78, 5) is 31.5. The number of carboxylic acid groups (broad SMARTS) is 1. The van der Waals surface area contributed by atoms with Crippen molar-refractivity contribution in [3.8, 4) is 0 Å². The second kappa shape index (κ2) is 8.63. The van der Waals surface area contributed by atoms with E-state index in [2.05, 4.69) is 20.6 Å². The van der Waals surface area contributed by atoms with E-state index in [9.17, 15) is 9.59 Å². The van der Waals surface area contributed by atoms with Crippen LogP contribution in [0.5, 0.6) is 0 Å². The van der Waals surface area contributed by atoms with Gasteiger partial charge in [-0.25, -0.2) is 14.6 Å². The van der Waals surface area contributed by atoms with Crippen molar-refractivity contribution in [3.63, 3.8) is 0 Å². The van der Waals surface area contributed by atoms with Crippen LogP contribution in [0, 0.1) is 0 Å². The van der Waals surface area contributed by atoms with Gasteiger partial charge in [0.25, 0.3) is 0 Å². The van der Waals surface area contributed by atoms with Gasteiger partial charge in [0.05, 0.1) is 23.4 Å². The van der Waals surface area contributed by atoms with E-state index in [1.54, 1.807) is 55.6 Å². The number of rotatable bonds is 7. The van der Waals surface area contributed by atoms with Gasteiger partial charge < -0.3 is 20.5 Å². The molecule has 8 nitrogen and oxygen atoms in total. The normalized spacial score (nSPS) is 10.2. The number of carbonyl (C=O) groups is 2. The summed E-state index contributed by atoms with van der Waals surface area (Å²) in [5, 5.41) is 15.1. The average molecular weight is 378 g/mol. The Morgan fingerprint density at radius 1 is 1.04 bits per heavy atom. The lowest BCUT2D eigenvalue weighted by Gasteiger charge is -2.11. The van der Waals surface area contributed by atoms with Gasteiger partial charge in [-0.05, 0) is 49.4 Å². The maximum atomic E-state index is 12.1. The van der Waals surface area contributed by atoms with Crippen molar-refractivity contribution in [1.82, 2.24) is 9.97 Å². The van der Waals surface area contributed by atoms with Crippen LogP contribution in [0.15, 0.2) is 60.8 Å². The number of benzene rings is 2. The number of ether oxygens (including phenoxy) is 1. The minimum absolute atomic E-state index is 0.200. The molecule has 2 aromatic carbocycles. The molecule has 8 heteroatoms. The number of para-hydroxylation sites is 1. The first kappa shape index (κ1) is 18.8. The molecule has 3 rings (SSSR count). The highest BCUT2D eigenvalue weighted by Crippen LogP contribution is 2.21. The molecule has 0 spiro atoms. The third-order valence-electron chi connectivity index (χ3n) is 3.73. The lowest BCUT2D eigenvalue weighted by Crippen LogP contribution is -2.09. The molecule has 0 radical (unpaired) electrons. The Labute approximate surface area is 161 Å². The molecule has 0 aliphatic heterocycles. The molecule has 0 saturated carbocycles. The second-order valence-electron chi connectivity index (χ2n) is 5.66. The van der Waals surface area contributed by atoms with Crippen LogP contribution in [0.2, 0.25) is 0 Å². The van der Waals surface area contributed by atoms with Gasteiger partial charge in [-0.2, -0.15) is 4.98 Å². The first-order valence-corrected chi connectivity index (χ1v) is 8.53. The van der Waals surface area contributed by atoms with Gasteiger partial charge in [-0.1, -0.05) is 12.1 Å². The molecule has 28 heavy (non-hydrogen) atoms. The van der Waals surface area contributed by atoms with Crippen molar-refractivity contribution in [2.75, 3.05) is 17.2 Å². The summed E-state index contributed by atoms with van der Waals surface area (Å²) in [7, 11) is 0. The molecule has 0 unspecified atom stereocenters. The monoisotopic (exact) mass is 378 g/mol. The molecule has 0 aliphatic rings. The Hall–Kier alpha value is -3.94. The zero-order chi connectivity index (χ0) is 19.9. The number of carboxylic acids is 1. The van der Waals surface area contributed by atoms with Gasteiger partial charge in [0, 0.05) is 11.9 Å². The fraction of sp³-hybridized carbons (Fsp3) is 0.100. The van der Waals surface area contributed by atoms with Crippen molar-refractivity contribution in [2.24, 2.45) is 0 Å². The second-order valence-corrected chi connectivity index (χ2v) is 5.66. The molecule has 1 aromatic heterocycles. The molecule has 0 fully saturated rings. The maximum Gasteiger partial charge on any atom is 0.340 e. The van der Waals surface area contributed by atoms with E-state index in [1.807, 2.05) is 0 Å². The Bertz CT molecular complexity index is 990. The van der Waals surface area contributed by atoms with E-state index in [-0.39, 0.29) is 12.2 Å². The number of aromatic carboxylic acids is 1. The number of hydrogen-bond donors (Lipinski definition) is 3. The summed E-state index contributed by atoms with van der Waals surface area (Å²) in [5.74, 6) is -0.614. The van der Waals surface area contributed by atoms with Crippen LogP contribution in [0.4, 0.5) is 23.1 Å². The largest absolute Gasteiger partial charge is 0.478 e. The summed E-state index contributed by atoms with van der Waals surface area (Å²) >= 11 is 0. The van der Waals surface area contributed by atoms with E-state index in [0.717, 1.165) is 0 Å². The Kier molecular flexibility index (Phi) is 5.81. The van der Waals surface area contributed by atoms with Crippen molar-refractivity contribution >= 4 is 35.1 Å². The number of carbonyl (C=O) groups excluding carboxylic acids is 1. The number of nitrogens with one attached hydrogen (secondary N) is 2. The highest BCUT2D eigenvalue weighted by Gasteiger charge is 2.13. The fourth-order valence-corrected chi connectivity index (χ4v) is 2.43. The number of hydrogen-bond acceptors (Lipinski definition) is 7. The van der Waals surface area contributed by atoms with Crippen LogP contribution < -0.4 is 10.6 Å². The molecule has 0 aliphatic carbocycles. The highest BCUT2D eigenvalue weighted by atomic mass is 16.5. The van der Waals surface area contributed by atoms with Gasteiger partial charge in [0.15, 0.2) is 0 Å². The van der Waals surface area contributed by atoms with E-state index in [0.29, 0.717) is 28.7 Å². The predicted octanol–water partition coefficient (Wildman–Crippen LogP) is 3.84. The first-order chi connectivity index (χ1) is 13.6. The average Bonchev–Trinajstić information content (AvgIpc) is 2.69. The van der Waals surface area contributed by atoms with Crippen LogP contribution in [-0.2, 0) is 4.74 Å². The van der Waals surface area contributed by atoms with Crippen molar-refractivity contribution in [2.45, 2.75) is 6.92 Å². The smallest absolute Gasteiger partial charge is 0.340 e. The molecule has 3 aromatic rings. The van der Waals surface area contributed by atoms with Crippen LogP contribution in [0.3, 0.4) is 0 Å². The maximum absolute atomic E-state index is 12.1. The van der Waals surface area contributed by atoms with Gasteiger partial charge in [-0.3, -0.25) is 0 Å². The van der Waals surface area contributed by atoms with Crippen molar-refractivity contribution in [3.05, 3.63) is 71.9 Å². The van der Waals surface area contributed by atoms with Gasteiger partial charge >= 0.3 is 11.9 Å². The van der Waals surface area contributed by atoms with Crippen LogP contribution >= 0.6 is 0 Å². The topological polar surface area (TPSA) is 113 Å². The molecular weight excluding hydrogens is 360 g/mol. The minimum Gasteiger partial charge on any atom is -0.478 e. The third-order valence-corrected chi connectivity index (χ3v) is 3.73. The van der Waals surface area contributed by atoms with Crippen LogP contribution in [0.1, 0.15) is 27.6 Å². The number of aromatic nitrogens is 2. The minimum atomic E-state index is -0.986. The van der Waals surface area contributed by atoms with E-state index >= 15 is 0 Å². The van der Waals surface area contributed by atoms with E-state index < -0.39 is 11.9 Å². The van der Waals surface area contributed by atoms with Crippen LogP contribution in [0.25, 0.3) is 0 Å². The highest BCUT2D eigenvalue weighted by molar-refractivity contribution is 5.96. The van der Waals surface area contributed by atoms with Gasteiger partial charge in [0.2, 0.25) is 5.95 Å². The Balaban J connectivity index is 1.77. The summed E-state index contributed by atoms with van der Waals surface area (Å²) in [5.41, 5.74) is 1.80. The molecule has 142 valence electrons. The molecule has 1 heterocycles. The predicted molar refractivity (Wildman–Crippen MR) is 104 cm³/mol. The Morgan fingerprint density at radius 2 is 1.79 bits per heavy atom. The molecular formula is C20H18N4O4. The number of esters is 1. The fourth-order valence-electron chi connectivity index (χ4n) is 2.43. The molecule has 0 amide bonds. The summed E-state index contributed by atoms with van der Waals surface area (Å²) in [6.45, 7) is 2.03. The SMILES string of the molecule is CCOC(=O)c1ccccc1Nc1nccc(Nc2ccc(C(=O)O)cc2)n1. The molecule has 0 bridgehead atoms. The standard InChI is InChI=1S/C20H18N4O4/c1-2-28-19(27)15-5-3-4-6-16(15)23-20-21-12-11-17(24-20)22-14-9-7-13(8-10-14)18(25)26/h3-12H,2H2,1H3,(H,25,26)(H2,21,22,23,24). The van der Waals surface area contributed by atoms with Gasteiger partial charge in [0.1, 0.15) is 5.82 Å². The third kappa shape index (κ3) is 4.61. The first-order valence-electron chi connectivity index (χ1n) is 8.53. The zero-order valence-corrected chi connectivity index (χ0v) is 15.0. The summed E-state index contributed by atoms with van der Waals surface area (Å²) < 4.78 is 5.06. The molecule has 0 saturated heterocycles. The number of nitrogens with zero attached hydrogens (tertiary/aromatic N) is 2. The lowest BCUT2D eigenvalue weighted by molar-refractivity contribution is 0.0527. The Morgan fingerprint density at radius 3 is 2.50 bits per heavy atom. The van der Waals surface area contributed by atoms with Crippen molar-refractivity contribution < 1.29 is 19.4 Å². The van der Waals surface area contributed by atoms with Gasteiger partial charge in [-0.15, -0.1) is 0 Å². The van der Waals surface area contributed by atoms with Crippen LogP contribution in [-0.4, -0.2) is 33.6 Å².